The van der Waals surface area contributed by atoms with E-state index in [2.05, 4.69) is 25.8 Å². The number of tetrazole rings is 1. The minimum Gasteiger partial charge on any atom is -0.375 e. The normalized spacial score (nSPS) is 21.2. The van der Waals surface area contributed by atoms with Crippen molar-refractivity contribution in [3.8, 4) is 0 Å². The minimum atomic E-state index is -0.892. The van der Waals surface area contributed by atoms with E-state index >= 15 is 0 Å². The topological polar surface area (TPSA) is 158 Å². The largest absolute Gasteiger partial charge is 0.375 e. The molecule has 0 saturated carbocycles. The number of anilines is 1. The molecule has 4 heterocycles. The number of hydrogen-bond acceptors (Lipinski definition) is 11. The highest BCUT2D eigenvalue weighted by Crippen LogP contribution is 2.41. The quantitative estimate of drug-likeness (QED) is 0.325. The van der Waals surface area contributed by atoms with Gasteiger partial charge in [0.15, 0.2) is 5.13 Å². The van der Waals surface area contributed by atoms with Crippen LogP contribution in [0.15, 0.2) is 34.6 Å². The summed E-state index contributed by atoms with van der Waals surface area (Å²) in [7, 11) is 1.79. The lowest BCUT2D eigenvalue weighted by Crippen LogP contribution is -2.70. The smallest absolute Gasteiger partial charge is 0.253 e. The average molecular weight is 504 g/mol. The number of β-lactam (4-membered cyclic amide) rings is 1. The molecule has 2 unspecified atom stereocenters. The van der Waals surface area contributed by atoms with E-state index in [-0.39, 0.29) is 17.2 Å². The van der Waals surface area contributed by atoms with Crippen LogP contribution >= 0.6 is 34.9 Å². The Labute approximate surface area is 201 Å². The van der Waals surface area contributed by atoms with Crippen LogP contribution in [0.1, 0.15) is 18.5 Å². The van der Waals surface area contributed by atoms with Gasteiger partial charge in [0.25, 0.3) is 5.91 Å². The van der Waals surface area contributed by atoms with E-state index in [4.69, 9.17) is 11.5 Å². The Kier molecular flexibility index (Phi) is 5.76. The lowest BCUT2D eigenvalue weighted by molar-refractivity contribution is -0.146. The van der Waals surface area contributed by atoms with Gasteiger partial charge in [-0.1, -0.05) is 29.2 Å². The van der Waals surface area contributed by atoms with Gasteiger partial charge in [-0.3, -0.25) is 14.5 Å². The van der Waals surface area contributed by atoms with Crippen LogP contribution in [0.4, 0.5) is 5.13 Å². The van der Waals surface area contributed by atoms with Crippen molar-refractivity contribution < 1.29 is 9.59 Å². The summed E-state index contributed by atoms with van der Waals surface area (Å²) in [5.74, 6) is 0.943. The highest BCUT2D eigenvalue weighted by atomic mass is 32.2. The van der Waals surface area contributed by atoms with Crippen LogP contribution in [-0.4, -0.2) is 64.8 Å². The fourth-order valence-corrected chi connectivity index (χ4v) is 7.09. The van der Waals surface area contributed by atoms with Crippen LogP contribution in [0.3, 0.4) is 0 Å². The maximum Gasteiger partial charge on any atom is 0.253 e. The van der Waals surface area contributed by atoms with Gasteiger partial charge in [-0.25, -0.2) is 9.67 Å². The summed E-state index contributed by atoms with van der Waals surface area (Å²) in [6, 6.07) is 3.89. The molecule has 3 atom stereocenters. The molecule has 1 aromatic carbocycles. The van der Waals surface area contributed by atoms with Gasteiger partial charge in [-0.2, -0.15) is 0 Å². The third kappa shape index (κ3) is 3.96. The molecule has 0 radical (unpaired) electrons. The van der Waals surface area contributed by atoms with E-state index < -0.39 is 12.1 Å². The molecule has 2 aliphatic rings. The molecule has 2 aliphatic heterocycles. The number of aromatic nitrogens is 5. The Morgan fingerprint density at radius 2 is 2.24 bits per heavy atom. The summed E-state index contributed by atoms with van der Waals surface area (Å²) in [5.41, 5.74) is 15.5. The van der Waals surface area contributed by atoms with Gasteiger partial charge in [0, 0.05) is 24.3 Å². The summed E-state index contributed by atoms with van der Waals surface area (Å²) in [4.78, 5) is 31.7. The molecule has 33 heavy (non-hydrogen) atoms. The average Bonchev–Trinajstić information content (AvgIpc) is 3.38. The van der Waals surface area contributed by atoms with Crippen molar-refractivity contribution in [3.63, 3.8) is 0 Å². The van der Waals surface area contributed by atoms with E-state index in [1.807, 2.05) is 13.0 Å². The summed E-state index contributed by atoms with van der Waals surface area (Å²) < 4.78 is 2.48. The Morgan fingerprint density at radius 1 is 1.42 bits per heavy atom. The molecule has 2 aromatic heterocycles. The van der Waals surface area contributed by atoms with Crippen molar-refractivity contribution in [1.82, 2.24) is 35.4 Å². The summed E-state index contributed by atoms with van der Waals surface area (Å²) in [6.45, 7) is 1.94. The lowest BCUT2D eigenvalue weighted by Gasteiger charge is -2.50. The standard InChI is InChI=1S/C19H21N9O2S3/c1-8-10(7-32-19-24-25-26-27(19)2)6-31-17-14(16(30)28(8)17)23-15(29)13(20)9-3-4-11-12(5-9)33-18(21)22-11/h3-5,13-14,17H,6-7,20H2,1-2H3,(H2,21,22)(H,23,29)/t13?,14?,17-/m0/s1. The highest BCUT2D eigenvalue weighted by molar-refractivity contribution is 8.01. The molecule has 5 N–H and O–H groups in total. The molecule has 0 bridgehead atoms. The number of nitrogens with zero attached hydrogens (tertiary/aromatic N) is 6. The third-order valence-corrected chi connectivity index (χ3v) is 8.95. The SMILES string of the molecule is CC1=C(CSc2nnnn2C)CS[C@H]2C(NC(=O)C(N)c3ccc4nc(N)sc4c3)C(=O)N12. The van der Waals surface area contributed by atoms with Gasteiger partial charge >= 0.3 is 0 Å². The number of carbonyl (C=O) groups excluding carboxylic acids is 2. The number of nitrogens with two attached hydrogens (primary N) is 2. The molecule has 1 fully saturated rings. The number of rotatable bonds is 6. The molecule has 172 valence electrons. The first kappa shape index (κ1) is 22.1. The Hall–Kier alpha value is -2.68. The van der Waals surface area contributed by atoms with E-state index in [1.165, 1.54) is 23.1 Å². The van der Waals surface area contributed by atoms with Crippen molar-refractivity contribution in [2.24, 2.45) is 12.8 Å². The zero-order valence-electron chi connectivity index (χ0n) is 17.8. The number of carbonyl (C=O) groups is 2. The number of fused-ring (bicyclic) bond motifs is 2. The predicted molar refractivity (Wildman–Crippen MR) is 128 cm³/mol. The number of amides is 2. The number of allylic oxidation sites excluding steroid dienone is 1. The zero-order chi connectivity index (χ0) is 23.3. The van der Waals surface area contributed by atoms with Crippen molar-refractivity contribution in [3.05, 3.63) is 35.0 Å². The summed E-state index contributed by atoms with van der Waals surface area (Å²) in [5, 5.41) is 15.3. The Bertz CT molecular complexity index is 1290. The number of thioether (sulfide) groups is 2. The number of hydrogen-bond donors (Lipinski definition) is 3. The maximum absolute atomic E-state index is 12.9. The summed E-state index contributed by atoms with van der Waals surface area (Å²) in [6.07, 6.45) is 0. The molecule has 5 rings (SSSR count). The second kappa shape index (κ2) is 8.59. The van der Waals surface area contributed by atoms with Crippen molar-refractivity contribution in [2.75, 3.05) is 17.2 Å². The molecule has 11 nitrogen and oxygen atoms in total. The van der Waals surface area contributed by atoms with Crippen LogP contribution < -0.4 is 16.8 Å². The number of nitrogen functional groups attached to an aromatic ring is 1. The molecular formula is C19H21N9O2S3. The van der Waals surface area contributed by atoms with Gasteiger partial charge in [0.1, 0.15) is 17.5 Å². The first-order valence-corrected chi connectivity index (χ1v) is 12.9. The molecule has 0 spiro atoms. The predicted octanol–water partition coefficient (Wildman–Crippen LogP) is 0.868. The van der Waals surface area contributed by atoms with Crippen LogP contribution in [0.25, 0.3) is 10.2 Å². The summed E-state index contributed by atoms with van der Waals surface area (Å²) >= 11 is 4.50. The molecule has 2 amide bonds. The second-order valence-electron chi connectivity index (χ2n) is 7.72. The molecule has 0 aliphatic carbocycles. The van der Waals surface area contributed by atoms with Gasteiger partial charge in [-0.15, -0.1) is 16.9 Å². The molecule has 1 saturated heterocycles. The first-order chi connectivity index (χ1) is 15.8. The molecule has 3 aromatic rings. The van der Waals surface area contributed by atoms with Gasteiger partial charge in [0.05, 0.1) is 10.2 Å². The van der Waals surface area contributed by atoms with Crippen LogP contribution in [-0.2, 0) is 16.6 Å². The van der Waals surface area contributed by atoms with E-state index in [9.17, 15) is 9.59 Å². The molecular weight excluding hydrogens is 482 g/mol. The Morgan fingerprint density at radius 3 is 3.00 bits per heavy atom. The number of benzene rings is 1. The van der Waals surface area contributed by atoms with Gasteiger partial charge < -0.3 is 16.8 Å². The third-order valence-electron chi connectivity index (χ3n) is 5.67. The minimum absolute atomic E-state index is 0.126. The van der Waals surface area contributed by atoms with E-state index in [0.29, 0.717) is 16.4 Å². The van der Waals surface area contributed by atoms with Crippen LogP contribution in [0.5, 0.6) is 0 Å². The van der Waals surface area contributed by atoms with Crippen molar-refractivity contribution in [2.45, 2.75) is 29.5 Å². The number of nitrogens with one attached hydrogen (secondary N) is 1. The van der Waals surface area contributed by atoms with Crippen LogP contribution in [0, 0.1) is 0 Å². The van der Waals surface area contributed by atoms with Gasteiger partial charge in [0.2, 0.25) is 11.1 Å². The Balaban J connectivity index is 1.23. The molecule has 14 heteroatoms. The van der Waals surface area contributed by atoms with Crippen LogP contribution in [0.2, 0.25) is 0 Å². The lowest BCUT2D eigenvalue weighted by atomic mass is 10.0. The number of thiazole rings is 1. The van der Waals surface area contributed by atoms with Crippen molar-refractivity contribution >= 4 is 62.0 Å². The fraction of sp³-hybridized carbons (Fsp3) is 0.368. The monoisotopic (exact) mass is 503 g/mol. The number of aryl methyl sites for hydroxylation is 1. The van der Waals surface area contributed by atoms with Gasteiger partial charge in [-0.05, 0) is 40.6 Å². The highest BCUT2D eigenvalue weighted by Gasteiger charge is 2.51. The fourth-order valence-electron chi connectivity index (χ4n) is 3.77. The van der Waals surface area contributed by atoms with E-state index in [0.717, 1.165) is 32.4 Å². The maximum atomic E-state index is 12.9. The first-order valence-electron chi connectivity index (χ1n) is 10.0. The van der Waals surface area contributed by atoms with Crippen molar-refractivity contribution in [1.29, 1.82) is 0 Å². The second-order valence-corrected chi connectivity index (χ2v) is 10.8. The zero-order valence-corrected chi connectivity index (χ0v) is 20.2. The van der Waals surface area contributed by atoms with E-state index in [1.54, 1.807) is 40.5 Å².